The molecule has 13 heteroatoms. The summed E-state index contributed by atoms with van der Waals surface area (Å²) in [5, 5.41) is 12.4. The monoisotopic (exact) mass is 703 g/mol. The van der Waals surface area contributed by atoms with Gasteiger partial charge in [-0.3, -0.25) is 19.3 Å². The van der Waals surface area contributed by atoms with Crippen molar-refractivity contribution in [1.29, 1.82) is 0 Å². The van der Waals surface area contributed by atoms with Crippen LogP contribution >= 0.6 is 0 Å². The quantitative estimate of drug-likeness (QED) is 0.205. The van der Waals surface area contributed by atoms with Gasteiger partial charge in [-0.05, 0) is 104 Å². The summed E-state index contributed by atoms with van der Waals surface area (Å²) in [6, 6.07) is 3.50. The lowest BCUT2D eigenvalue weighted by Gasteiger charge is -2.28. The van der Waals surface area contributed by atoms with Crippen LogP contribution in [0.3, 0.4) is 0 Å². The number of hydrogen-bond acceptors (Lipinski definition) is 5. The minimum atomic E-state index is -4.81. The van der Waals surface area contributed by atoms with Crippen LogP contribution in [0, 0.1) is 38.3 Å². The number of likely N-dealkylation sites (tertiary alicyclic amines) is 1. The number of amides is 1. The predicted octanol–water partition coefficient (Wildman–Crippen LogP) is 6.67. The molecule has 1 amide bonds. The highest BCUT2D eigenvalue weighted by molar-refractivity contribution is 5.82. The van der Waals surface area contributed by atoms with Crippen molar-refractivity contribution in [3.05, 3.63) is 91.9 Å². The number of carbonyl (C=O) groups excluding carboxylic acids is 1. The van der Waals surface area contributed by atoms with E-state index in [0.717, 1.165) is 17.2 Å². The van der Waals surface area contributed by atoms with Crippen LogP contribution in [0.4, 0.5) is 22.0 Å². The Labute approximate surface area is 287 Å². The van der Waals surface area contributed by atoms with E-state index in [9.17, 15) is 37.1 Å². The van der Waals surface area contributed by atoms with Crippen LogP contribution in [0.2, 0.25) is 0 Å². The average Bonchev–Trinajstić information content (AvgIpc) is 3.63. The molecule has 2 saturated heterocycles. The van der Waals surface area contributed by atoms with Gasteiger partial charge < -0.3 is 19.7 Å². The summed E-state index contributed by atoms with van der Waals surface area (Å²) in [5.41, 5.74) is -0.00728. The molecule has 0 aliphatic carbocycles. The fourth-order valence-corrected chi connectivity index (χ4v) is 7.35. The molecule has 2 N–H and O–H groups in total. The number of nitrogens with one attached hydrogen (secondary N) is 1. The van der Waals surface area contributed by atoms with E-state index in [0.29, 0.717) is 48.0 Å². The Morgan fingerprint density at radius 2 is 1.72 bits per heavy atom. The number of hydrogen-bond donors (Lipinski definition) is 2. The van der Waals surface area contributed by atoms with Gasteiger partial charge in [-0.25, -0.2) is 8.78 Å². The van der Waals surface area contributed by atoms with Gasteiger partial charge in [-0.1, -0.05) is 13.8 Å². The lowest BCUT2D eigenvalue weighted by molar-refractivity contribution is -0.139. The van der Waals surface area contributed by atoms with E-state index >= 15 is 4.39 Å². The lowest BCUT2D eigenvalue weighted by Crippen LogP contribution is -2.41. The Balaban J connectivity index is 1.52. The molecule has 0 unspecified atom stereocenters. The summed E-state index contributed by atoms with van der Waals surface area (Å²) in [4.78, 5) is 41.5. The summed E-state index contributed by atoms with van der Waals surface area (Å²) in [5.74, 6) is -3.61. The van der Waals surface area contributed by atoms with Crippen LogP contribution in [-0.2, 0) is 26.9 Å². The number of fused-ring (bicyclic) bond motifs is 2. The first kappa shape index (κ1) is 37.2. The van der Waals surface area contributed by atoms with Gasteiger partial charge >= 0.3 is 12.1 Å². The van der Waals surface area contributed by atoms with Gasteiger partial charge in [0.05, 0.1) is 30.7 Å². The fraction of sp³-hybridized carbons (Fsp3) is 0.486. The molecule has 3 heterocycles. The van der Waals surface area contributed by atoms with E-state index in [1.54, 1.807) is 33.8 Å². The largest absolute Gasteiger partial charge is 0.481 e. The Kier molecular flexibility index (Phi) is 10.9. The summed E-state index contributed by atoms with van der Waals surface area (Å²) in [7, 11) is 0. The molecule has 2 aliphatic heterocycles. The van der Waals surface area contributed by atoms with Crippen LogP contribution in [0.25, 0.3) is 11.1 Å². The maximum Gasteiger partial charge on any atom is 0.416 e. The molecule has 8 nitrogen and oxygen atoms in total. The SMILES string of the molecule is Cc1cc(-c2c(C)cc(F)cc2C)cc([C@H](CC(=O)O)NC(=O)[C@H](CC(C)C)n2cc(CCN3C[C@@H]4C[C@H]3CO4)c(C(F)(F)F)cc2=O)c1F. The molecule has 4 atom stereocenters. The number of halogens is 5. The van der Waals surface area contributed by atoms with E-state index in [1.165, 1.54) is 25.1 Å². The van der Waals surface area contributed by atoms with Crippen LogP contribution in [0.15, 0.2) is 41.3 Å². The normalized spacial score (nSPS) is 18.9. The minimum Gasteiger partial charge on any atom is -0.481 e. The second-order valence-electron chi connectivity index (χ2n) is 14.0. The van der Waals surface area contributed by atoms with Gasteiger partial charge in [0.2, 0.25) is 5.91 Å². The zero-order chi connectivity index (χ0) is 36.7. The van der Waals surface area contributed by atoms with Gasteiger partial charge in [0, 0.05) is 37.0 Å². The maximum atomic E-state index is 15.8. The Bertz CT molecular complexity index is 1820. The van der Waals surface area contributed by atoms with Gasteiger partial charge in [-0.15, -0.1) is 0 Å². The number of aromatic nitrogens is 1. The molecule has 1 aromatic heterocycles. The van der Waals surface area contributed by atoms with Crippen molar-refractivity contribution >= 4 is 11.9 Å². The summed E-state index contributed by atoms with van der Waals surface area (Å²) in [6.07, 6.45) is -3.60. The highest BCUT2D eigenvalue weighted by atomic mass is 19.4. The first-order valence-corrected chi connectivity index (χ1v) is 16.7. The first-order chi connectivity index (χ1) is 23.4. The van der Waals surface area contributed by atoms with E-state index < -0.39 is 59.3 Å². The molecule has 3 aromatic rings. The van der Waals surface area contributed by atoms with Gasteiger partial charge in [0.15, 0.2) is 0 Å². The standard InChI is InChI=1S/C37H42F5N3O5/c1-19(2)8-31(45-16-23(29(14-32(45)46)37(40,41)42)6-7-44-17-27-13-26(44)18-50-27)36(49)43-30(15-33(47)48)28-12-24(9-22(5)35(28)39)34-20(3)10-25(38)11-21(34)4/h9-12,14,16,19,26-27,30-31H,6-8,13,15,17-18H2,1-5H3,(H,43,49)(H,47,48)/t26-,27-,30-,31-/m0/s1. The molecular weight excluding hydrogens is 661 g/mol. The number of nitrogens with zero attached hydrogens (tertiary/aromatic N) is 2. The van der Waals surface area contributed by atoms with Crippen LogP contribution in [0.1, 0.15) is 78.6 Å². The van der Waals surface area contributed by atoms with Crippen molar-refractivity contribution in [3.63, 3.8) is 0 Å². The van der Waals surface area contributed by atoms with E-state index in [4.69, 9.17) is 4.74 Å². The number of morpholine rings is 1. The Hall–Kier alpha value is -4.10. The topological polar surface area (TPSA) is 101 Å². The number of alkyl halides is 3. The highest BCUT2D eigenvalue weighted by Crippen LogP contribution is 2.36. The molecule has 270 valence electrons. The van der Waals surface area contributed by atoms with Crippen LogP contribution in [-0.4, -0.2) is 58.3 Å². The Morgan fingerprint density at radius 3 is 2.28 bits per heavy atom. The molecule has 0 saturated carbocycles. The number of aliphatic carboxylic acids is 1. The number of aryl methyl sites for hydroxylation is 3. The third-order valence-electron chi connectivity index (χ3n) is 9.62. The third-order valence-corrected chi connectivity index (χ3v) is 9.62. The number of carboxylic acids is 1. The third kappa shape index (κ3) is 8.10. The van der Waals surface area contributed by atoms with Crippen molar-refractivity contribution in [2.45, 2.75) is 90.7 Å². The minimum absolute atomic E-state index is 0.0269. The molecular formula is C37H42F5N3O5. The molecule has 0 radical (unpaired) electrons. The molecule has 2 aromatic carbocycles. The molecule has 2 fully saturated rings. The number of benzene rings is 2. The highest BCUT2D eigenvalue weighted by Gasteiger charge is 2.40. The van der Waals surface area contributed by atoms with Gasteiger partial charge in [0.25, 0.3) is 5.56 Å². The lowest BCUT2D eigenvalue weighted by atomic mass is 9.90. The van der Waals surface area contributed by atoms with E-state index in [2.05, 4.69) is 10.2 Å². The van der Waals surface area contributed by atoms with Crippen LogP contribution in [0.5, 0.6) is 0 Å². The second-order valence-corrected chi connectivity index (χ2v) is 14.0. The van der Waals surface area contributed by atoms with E-state index in [-0.39, 0.29) is 47.6 Å². The number of ether oxygens (including phenoxy) is 1. The van der Waals surface area contributed by atoms with Gasteiger partial charge in [-0.2, -0.15) is 13.2 Å². The zero-order valence-electron chi connectivity index (χ0n) is 28.7. The number of carbonyl (C=O) groups is 2. The first-order valence-electron chi connectivity index (χ1n) is 16.7. The summed E-state index contributed by atoms with van der Waals surface area (Å²) >= 11 is 0. The molecule has 2 bridgehead atoms. The smallest absolute Gasteiger partial charge is 0.416 e. The van der Waals surface area contributed by atoms with Crippen molar-refractivity contribution in [1.82, 2.24) is 14.8 Å². The number of pyridine rings is 1. The van der Waals surface area contributed by atoms with Crippen LogP contribution < -0.4 is 10.9 Å². The fourth-order valence-electron chi connectivity index (χ4n) is 7.35. The van der Waals surface area contributed by atoms with Gasteiger partial charge in [0.1, 0.15) is 17.7 Å². The molecule has 0 spiro atoms. The number of carboxylic acid groups (broad SMARTS) is 1. The summed E-state index contributed by atoms with van der Waals surface area (Å²) in [6.45, 7) is 9.83. The Morgan fingerprint density at radius 1 is 1.04 bits per heavy atom. The van der Waals surface area contributed by atoms with E-state index in [1.807, 2.05) is 0 Å². The molecule has 2 aliphatic rings. The van der Waals surface area contributed by atoms with Crippen molar-refractivity contribution in [2.75, 3.05) is 19.7 Å². The van der Waals surface area contributed by atoms with Crippen molar-refractivity contribution in [2.24, 2.45) is 5.92 Å². The predicted molar refractivity (Wildman–Crippen MR) is 177 cm³/mol. The molecule has 5 rings (SSSR count). The summed E-state index contributed by atoms with van der Waals surface area (Å²) < 4.78 is 79.0. The number of rotatable bonds is 12. The average molecular weight is 704 g/mol. The zero-order valence-corrected chi connectivity index (χ0v) is 28.7. The maximum absolute atomic E-state index is 15.8. The van der Waals surface area contributed by atoms with Crippen molar-refractivity contribution in [3.8, 4) is 11.1 Å². The van der Waals surface area contributed by atoms with Crippen molar-refractivity contribution < 1.29 is 41.4 Å². The second kappa shape index (κ2) is 14.6. The molecule has 50 heavy (non-hydrogen) atoms.